The van der Waals surface area contributed by atoms with Crippen molar-refractivity contribution in [1.29, 1.82) is 0 Å². The van der Waals surface area contributed by atoms with E-state index in [4.69, 9.17) is 0 Å². The maximum Gasteiger partial charge on any atom is 0.356 e. The van der Waals surface area contributed by atoms with Crippen LogP contribution in [-0.4, -0.2) is 20.6 Å². The van der Waals surface area contributed by atoms with Crippen molar-refractivity contribution >= 4 is 28.6 Å². The number of halogens is 1. The molecule has 138 valence electrons. The summed E-state index contributed by atoms with van der Waals surface area (Å²) < 4.78 is 2.56. The number of benzene rings is 3. The van der Waals surface area contributed by atoms with Crippen molar-refractivity contribution in [3.63, 3.8) is 0 Å². The highest BCUT2D eigenvalue weighted by Crippen LogP contribution is 2.41. The lowest BCUT2D eigenvalue weighted by Crippen LogP contribution is -2.38. The second-order valence-electron chi connectivity index (χ2n) is 6.38. The van der Waals surface area contributed by atoms with E-state index in [9.17, 15) is 9.90 Å². The predicted octanol–water partition coefficient (Wildman–Crippen LogP) is 5.03. The summed E-state index contributed by atoms with van der Waals surface area (Å²) in [6.07, 6.45) is 1.62. The SMILES string of the molecule is O=C(O)c1cn(C(c2ccccc2)(c2ccccc2)c2ccccc2)c(I)n1. The van der Waals surface area contributed by atoms with Crippen LogP contribution in [0.1, 0.15) is 27.2 Å². The number of rotatable bonds is 5. The van der Waals surface area contributed by atoms with Gasteiger partial charge in [0.05, 0.1) is 0 Å². The second-order valence-corrected chi connectivity index (χ2v) is 7.34. The molecule has 0 saturated heterocycles. The van der Waals surface area contributed by atoms with Gasteiger partial charge in [-0.15, -0.1) is 0 Å². The molecule has 3 aromatic carbocycles. The van der Waals surface area contributed by atoms with Crippen molar-refractivity contribution in [2.45, 2.75) is 5.54 Å². The molecule has 1 heterocycles. The largest absolute Gasteiger partial charge is 0.476 e. The third kappa shape index (κ3) is 3.01. The van der Waals surface area contributed by atoms with Gasteiger partial charge in [0.15, 0.2) is 9.53 Å². The van der Waals surface area contributed by atoms with E-state index in [0.717, 1.165) is 16.7 Å². The molecule has 0 amide bonds. The molecule has 1 N–H and O–H groups in total. The van der Waals surface area contributed by atoms with Gasteiger partial charge < -0.3 is 9.67 Å². The van der Waals surface area contributed by atoms with Gasteiger partial charge in [0.1, 0.15) is 5.54 Å². The minimum atomic E-state index is -1.04. The Hall–Kier alpha value is -2.93. The van der Waals surface area contributed by atoms with E-state index in [-0.39, 0.29) is 5.69 Å². The molecule has 4 aromatic rings. The maximum absolute atomic E-state index is 11.6. The maximum atomic E-state index is 11.6. The summed E-state index contributed by atoms with van der Waals surface area (Å²) in [7, 11) is 0. The first-order valence-corrected chi connectivity index (χ1v) is 9.87. The number of carboxylic acids is 1. The molecule has 0 saturated carbocycles. The Balaban J connectivity index is 2.15. The highest BCUT2D eigenvalue weighted by Gasteiger charge is 2.40. The Morgan fingerprint density at radius 1 is 0.786 bits per heavy atom. The number of imidazole rings is 1. The van der Waals surface area contributed by atoms with Crippen LogP contribution in [-0.2, 0) is 5.54 Å². The zero-order chi connectivity index (χ0) is 19.6. The predicted molar refractivity (Wildman–Crippen MR) is 117 cm³/mol. The molecule has 0 aliphatic rings. The van der Waals surface area contributed by atoms with Gasteiger partial charge in [0, 0.05) is 28.8 Å². The zero-order valence-corrected chi connectivity index (χ0v) is 17.0. The van der Waals surface area contributed by atoms with Crippen LogP contribution in [0.2, 0.25) is 0 Å². The second kappa shape index (κ2) is 7.59. The third-order valence-electron chi connectivity index (χ3n) is 4.82. The van der Waals surface area contributed by atoms with Crippen molar-refractivity contribution in [1.82, 2.24) is 9.55 Å². The smallest absolute Gasteiger partial charge is 0.356 e. The number of hydrogen-bond donors (Lipinski definition) is 1. The van der Waals surface area contributed by atoms with Gasteiger partial charge in [-0.05, 0) is 16.7 Å². The molecular formula is C23H17IN2O2. The molecule has 5 heteroatoms. The van der Waals surface area contributed by atoms with Gasteiger partial charge in [0.2, 0.25) is 0 Å². The molecule has 0 unspecified atom stereocenters. The topological polar surface area (TPSA) is 55.1 Å². The molecule has 0 atom stereocenters. The van der Waals surface area contributed by atoms with E-state index >= 15 is 0 Å². The Kier molecular flexibility index (Phi) is 5.00. The summed E-state index contributed by atoms with van der Waals surface area (Å²) in [4.78, 5) is 15.9. The average Bonchev–Trinajstić information content (AvgIpc) is 3.14. The molecule has 0 radical (unpaired) electrons. The molecule has 4 nitrogen and oxygen atoms in total. The summed E-state index contributed by atoms with van der Waals surface area (Å²) >= 11 is 2.11. The molecule has 28 heavy (non-hydrogen) atoms. The molecule has 0 aliphatic carbocycles. The van der Waals surface area contributed by atoms with Crippen molar-refractivity contribution < 1.29 is 9.90 Å². The summed E-state index contributed by atoms with van der Waals surface area (Å²) in [5, 5.41) is 9.52. The lowest BCUT2D eigenvalue weighted by atomic mass is 9.77. The average molecular weight is 480 g/mol. The van der Waals surface area contributed by atoms with Crippen LogP contribution in [0.3, 0.4) is 0 Å². The van der Waals surface area contributed by atoms with Crippen molar-refractivity contribution in [3.05, 3.63) is 123 Å². The molecule has 0 bridgehead atoms. The van der Waals surface area contributed by atoms with Gasteiger partial charge in [-0.25, -0.2) is 9.78 Å². The summed E-state index contributed by atoms with van der Waals surface area (Å²) in [6, 6.07) is 30.3. The third-order valence-corrected chi connectivity index (χ3v) is 5.58. The van der Waals surface area contributed by atoms with E-state index in [0.29, 0.717) is 3.83 Å². The lowest BCUT2D eigenvalue weighted by Gasteiger charge is -2.37. The van der Waals surface area contributed by atoms with Crippen LogP contribution >= 0.6 is 22.6 Å². The highest BCUT2D eigenvalue weighted by molar-refractivity contribution is 14.1. The van der Waals surface area contributed by atoms with Crippen LogP contribution in [0.25, 0.3) is 0 Å². The van der Waals surface area contributed by atoms with Crippen LogP contribution in [0.15, 0.2) is 97.2 Å². The Morgan fingerprint density at radius 3 is 1.50 bits per heavy atom. The Morgan fingerprint density at radius 2 is 1.18 bits per heavy atom. The molecule has 1 aromatic heterocycles. The lowest BCUT2D eigenvalue weighted by molar-refractivity contribution is 0.0691. The quantitative estimate of drug-likeness (QED) is 0.322. The number of aromatic nitrogens is 2. The first-order valence-electron chi connectivity index (χ1n) is 8.79. The van der Waals surface area contributed by atoms with Crippen LogP contribution in [0.5, 0.6) is 0 Å². The van der Waals surface area contributed by atoms with E-state index in [1.165, 1.54) is 0 Å². The minimum Gasteiger partial charge on any atom is -0.476 e. The molecule has 0 fully saturated rings. The van der Waals surface area contributed by atoms with Gasteiger partial charge in [-0.1, -0.05) is 91.0 Å². The van der Waals surface area contributed by atoms with Crippen molar-refractivity contribution in [2.24, 2.45) is 0 Å². The fourth-order valence-electron chi connectivity index (χ4n) is 3.65. The summed E-state index contributed by atoms with van der Waals surface area (Å²) in [5.74, 6) is -1.04. The number of nitrogens with zero attached hydrogens (tertiary/aromatic N) is 2. The van der Waals surface area contributed by atoms with Gasteiger partial charge in [-0.2, -0.15) is 0 Å². The van der Waals surface area contributed by atoms with Gasteiger partial charge in [0.25, 0.3) is 0 Å². The molecule has 4 rings (SSSR count). The van der Waals surface area contributed by atoms with Crippen LogP contribution < -0.4 is 0 Å². The number of carboxylic acid groups (broad SMARTS) is 1. The van der Waals surface area contributed by atoms with Crippen molar-refractivity contribution in [2.75, 3.05) is 0 Å². The monoisotopic (exact) mass is 480 g/mol. The number of hydrogen-bond acceptors (Lipinski definition) is 2. The van der Waals surface area contributed by atoms with Gasteiger partial charge >= 0.3 is 5.97 Å². The van der Waals surface area contributed by atoms with E-state index in [1.54, 1.807) is 6.20 Å². The molecule has 0 spiro atoms. The van der Waals surface area contributed by atoms with Crippen LogP contribution in [0, 0.1) is 3.83 Å². The minimum absolute atomic E-state index is 0.0246. The fraction of sp³-hybridized carbons (Fsp3) is 0.0435. The summed E-state index contributed by atoms with van der Waals surface area (Å²) in [6.45, 7) is 0. The number of carbonyl (C=O) groups is 1. The van der Waals surface area contributed by atoms with E-state index < -0.39 is 11.5 Å². The molecule has 0 aliphatic heterocycles. The van der Waals surface area contributed by atoms with E-state index in [2.05, 4.69) is 64.0 Å². The highest BCUT2D eigenvalue weighted by atomic mass is 127. The normalized spacial score (nSPS) is 11.3. The molecular weight excluding hydrogens is 463 g/mol. The van der Waals surface area contributed by atoms with Gasteiger partial charge in [-0.3, -0.25) is 0 Å². The first-order chi connectivity index (χ1) is 13.6. The Bertz CT molecular complexity index is 997. The van der Waals surface area contributed by atoms with Crippen LogP contribution in [0.4, 0.5) is 0 Å². The fourth-order valence-corrected chi connectivity index (χ4v) is 4.41. The standard InChI is InChI=1S/C23H17IN2O2/c24-22-25-20(21(27)28)16-26(22)23(17-10-4-1-5-11-17,18-12-6-2-7-13-18)19-14-8-3-9-15-19/h1-16H,(H,27,28). The zero-order valence-electron chi connectivity index (χ0n) is 14.9. The van der Waals surface area contributed by atoms with Crippen molar-refractivity contribution in [3.8, 4) is 0 Å². The number of aromatic carboxylic acids is 1. The summed E-state index contributed by atoms with van der Waals surface area (Å²) in [5.41, 5.74) is 2.36. The van der Waals surface area contributed by atoms with E-state index in [1.807, 2.05) is 59.2 Å². The Labute approximate surface area is 176 Å². The first kappa shape index (κ1) is 18.4.